The molecule has 1 aliphatic carbocycles. The molecule has 9 nitrogen and oxygen atoms in total. The molecule has 0 radical (unpaired) electrons. The van der Waals surface area contributed by atoms with Crippen molar-refractivity contribution in [3.8, 4) is 0 Å². The lowest BCUT2D eigenvalue weighted by Crippen LogP contribution is -2.43. The lowest BCUT2D eigenvalue weighted by molar-refractivity contribution is -0.122. The van der Waals surface area contributed by atoms with Crippen molar-refractivity contribution < 1.29 is 4.79 Å². The Morgan fingerprint density at radius 2 is 1.94 bits per heavy atom. The summed E-state index contributed by atoms with van der Waals surface area (Å²) in [6.07, 6.45) is 4.04. The Labute approximate surface area is 201 Å². The molecule has 1 atom stereocenters. The van der Waals surface area contributed by atoms with E-state index in [4.69, 9.17) is 10.4 Å². The molecule has 4 N–H and O–H groups in total. The van der Waals surface area contributed by atoms with Crippen molar-refractivity contribution in [3.63, 3.8) is 0 Å². The van der Waals surface area contributed by atoms with E-state index in [-0.39, 0.29) is 11.7 Å². The summed E-state index contributed by atoms with van der Waals surface area (Å²) >= 11 is 0. The monoisotopic (exact) mass is 462 g/mol. The third-order valence-corrected chi connectivity index (χ3v) is 6.81. The van der Waals surface area contributed by atoms with Gasteiger partial charge in [-0.25, -0.2) is 15.0 Å². The van der Waals surface area contributed by atoms with Crippen LogP contribution in [0.2, 0.25) is 0 Å². The van der Waals surface area contributed by atoms with Crippen LogP contribution in [0.15, 0.2) is 30.2 Å². The standard InChI is InChI=1S/C25H34N8O/c1-15(2)21(27-5)20-22-17(12-25(4,16(3)34)23(20)26)13-30-24(32-22)31-19-7-6-18(14-29-19)33-10-8-28-9-11-33/h6-7,13-15,26-28H,8-12H2,1-5H3,(H,29,30,31,32)/b21-20-,26-23?. The number of fused-ring (bicyclic) bond motifs is 1. The van der Waals surface area contributed by atoms with Gasteiger partial charge in [-0.2, -0.15) is 0 Å². The number of nitrogens with zero attached hydrogens (tertiary/aromatic N) is 4. The number of pyridine rings is 1. The van der Waals surface area contributed by atoms with Crippen LogP contribution in [0.1, 0.15) is 39.0 Å². The molecule has 2 aromatic heterocycles. The molecular formula is C25H34N8O. The molecular weight excluding hydrogens is 428 g/mol. The van der Waals surface area contributed by atoms with Crippen molar-refractivity contribution in [1.29, 1.82) is 5.41 Å². The van der Waals surface area contributed by atoms with Crippen LogP contribution in [0, 0.1) is 16.7 Å². The van der Waals surface area contributed by atoms with Crippen LogP contribution in [0.4, 0.5) is 17.5 Å². The molecule has 0 spiro atoms. The summed E-state index contributed by atoms with van der Waals surface area (Å²) in [6, 6.07) is 3.98. The van der Waals surface area contributed by atoms with Gasteiger partial charge >= 0.3 is 0 Å². The highest BCUT2D eigenvalue weighted by Crippen LogP contribution is 2.41. The SMILES string of the molecule is CN/C(=C1\C(=N)C(C)(C(C)=O)Cc2cnc(Nc3ccc(N4CCNCC4)cn3)nc21)C(C)C. The average molecular weight is 463 g/mol. The number of ketones is 1. The fraction of sp³-hybridized carbons (Fsp3) is 0.480. The number of rotatable bonds is 6. The van der Waals surface area contributed by atoms with Crippen molar-refractivity contribution in [2.45, 2.75) is 34.1 Å². The fourth-order valence-corrected chi connectivity index (χ4v) is 4.63. The van der Waals surface area contributed by atoms with Crippen LogP contribution in [-0.4, -0.2) is 59.7 Å². The van der Waals surface area contributed by atoms with Gasteiger partial charge in [0, 0.05) is 50.7 Å². The summed E-state index contributed by atoms with van der Waals surface area (Å²) in [4.78, 5) is 28.7. The first-order valence-electron chi connectivity index (χ1n) is 11.8. The molecule has 1 fully saturated rings. The van der Waals surface area contributed by atoms with Gasteiger partial charge in [0.15, 0.2) is 0 Å². The topological polar surface area (TPSA) is 119 Å². The normalized spacial score (nSPS) is 21.8. The second-order valence-corrected chi connectivity index (χ2v) is 9.46. The Morgan fingerprint density at radius 1 is 1.21 bits per heavy atom. The number of allylic oxidation sites excluding steroid dienone is 2. The predicted octanol–water partition coefficient (Wildman–Crippen LogP) is 2.78. The van der Waals surface area contributed by atoms with E-state index >= 15 is 0 Å². The first kappa shape index (κ1) is 23.8. The molecule has 0 bridgehead atoms. The zero-order valence-corrected chi connectivity index (χ0v) is 20.6. The third-order valence-electron chi connectivity index (χ3n) is 6.81. The molecule has 1 unspecified atom stereocenters. The van der Waals surface area contributed by atoms with E-state index in [2.05, 4.69) is 50.7 Å². The highest BCUT2D eigenvalue weighted by Gasteiger charge is 2.44. The second-order valence-electron chi connectivity index (χ2n) is 9.46. The van der Waals surface area contributed by atoms with E-state index in [1.165, 1.54) is 0 Å². The van der Waals surface area contributed by atoms with Crippen LogP contribution in [-0.2, 0) is 11.2 Å². The van der Waals surface area contributed by atoms with Crippen LogP contribution in [0.5, 0.6) is 0 Å². The van der Waals surface area contributed by atoms with E-state index in [1.807, 2.05) is 26.2 Å². The highest BCUT2D eigenvalue weighted by atomic mass is 16.1. The molecule has 3 heterocycles. The van der Waals surface area contributed by atoms with Gasteiger partial charge in [-0.3, -0.25) is 4.79 Å². The zero-order chi connectivity index (χ0) is 24.5. The number of hydrogen-bond donors (Lipinski definition) is 4. The maximum atomic E-state index is 12.6. The van der Waals surface area contributed by atoms with Crippen molar-refractivity contribution in [2.24, 2.45) is 11.3 Å². The quantitative estimate of drug-likeness (QED) is 0.517. The summed E-state index contributed by atoms with van der Waals surface area (Å²) in [6.45, 7) is 11.4. The minimum atomic E-state index is -0.904. The van der Waals surface area contributed by atoms with Crippen LogP contribution in [0.25, 0.3) is 5.57 Å². The van der Waals surface area contributed by atoms with Crippen LogP contribution < -0.4 is 20.9 Å². The molecule has 9 heteroatoms. The largest absolute Gasteiger partial charge is 0.391 e. The first-order valence-corrected chi connectivity index (χ1v) is 11.8. The number of carbonyl (C=O) groups excluding carboxylic acids is 1. The van der Waals surface area contributed by atoms with Crippen molar-refractivity contribution in [2.75, 3.05) is 43.4 Å². The lowest BCUT2D eigenvalue weighted by Gasteiger charge is -2.36. The molecule has 2 aromatic rings. The van der Waals surface area contributed by atoms with Gasteiger partial charge in [0.25, 0.3) is 0 Å². The number of piperazine rings is 1. The van der Waals surface area contributed by atoms with Gasteiger partial charge in [0.05, 0.1) is 28.7 Å². The van der Waals surface area contributed by atoms with Gasteiger partial charge in [-0.1, -0.05) is 13.8 Å². The predicted molar refractivity (Wildman–Crippen MR) is 136 cm³/mol. The lowest BCUT2D eigenvalue weighted by atomic mass is 9.67. The van der Waals surface area contributed by atoms with Gasteiger partial charge in [-0.15, -0.1) is 0 Å². The summed E-state index contributed by atoms with van der Waals surface area (Å²) in [7, 11) is 1.85. The molecule has 34 heavy (non-hydrogen) atoms. The van der Waals surface area contributed by atoms with Crippen molar-refractivity contribution in [3.05, 3.63) is 41.5 Å². The summed E-state index contributed by atoms with van der Waals surface area (Å²) < 4.78 is 0. The van der Waals surface area contributed by atoms with Crippen molar-refractivity contribution >= 4 is 34.5 Å². The fourth-order valence-electron chi connectivity index (χ4n) is 4.63. The molecule has 4 rings (SSSR count). The highest BCUT2D eigenvalue weighted by molar-refractivity contribution is 6.32. The maximum Gasteiger partial charge on any atom is 0.228 e. The molecule has 2 aliphatic rings. The molecule has 0 saturated carbocycles. The average Bonchev–Trinajstić information content (AvgIpc) is 2.83. The maximum absolute atomic E-state index is 12.6. The Balaban J connectivity index is 1.68. The van der Waals surface area contributed by atoms with Crippen LogP contribution >= 0.6 is 0 Å². The Bertz CT molecular complexity index is 1120. The Morgan fingerprint density at radius 3 is 2.53 bits per heavy atom. The first-order chi connectivity index (χ1) is 16.2. The number of anilines is 3. The Kier molecular flexibility index (Phi) is 6.65. The second kappa shape index (κ2) is 9.50. The van der Waals surface area contributed by atoms with E-state index in [1.54, 1.807) is 13.1 Å². The number of carbonyl (C=O) groups is 1. The molecule has 1 aliphatic heterocycles. The number of Topliss-reactive ketones (excluding diaryl/α,β-unsaturated/α-hetero) is 1. The van der Waals surface area contributed by atoms with E-state index < -0.39 is 5.41 Å². The molecule has 1 saturated heterocycles. The smallest absolute Gasteiger partial charge is 0.228 e. The van der Waals surface area contributed by atoms with Gasteiger partial charge < -0.3 is 26.3 Å². The van der Waals surface area contributed by atoms with Gasteiger partial charge in [0.2, 0.25) is 5.95 Å². The van der Waals surface area contributed by atoms with E-state index in [0.29, 0.717) is 35.2 Å². The minimum Gasteiger partial charge on any atom is -0.391 e. The Hall–Kier alpha value is -3.33. The summed E-state index contributed by atoms with van der Waals surface area (Å²) in [5.74, 6) is 1.17. The van der Waals surface area contributed by atoms with Gasteiger partial charge in [-0.05, 0) is 43.9 Å². The molecule has 0 amide bonds. The molecule has 0 aromatic carbocycles. The van der Waals surface area contributed by atoms with E-state index in [9.17, 15) is 4.79 Å². The minimum absolute atomic E-state index is 0.0316. The van der Waals surface area contributed by atoms with Gasteiger partial charge in [0.1, 0.15) is 11.6 Å². The van der Waals surface area contributed by atoms with Crippen LogP contribution in [0.3, 0.4) is 0 Å². The van der Waals surface area contributed by atoms with Crippen molar-refractivity contribution in [1.82, 2.24) is 25.6 Å². The van der Waals surface area contributed by atoms with E-state index in [0.717, 1.165) is 43.1 Å². The summed E-state index contributed by atoms with van der Waals surface area (Å²) in [5, 5.41) is 18.8. The number of nitrogens with one attached hydrogen (secondary N) is 4. The zero-order valence-electron chi connectivity index (χ0n) is 20.6. The number of aromatic nitrogens is 3. The summed E-state index contributed by atoms with van der Waals surface area (Å²) in [5.41, 5.74) is 3.62. The number of hydrogen-bond acceptors (Lipinski definition) is 9. The molecule has 180 valence electrons. The third kappa shape index (κ3) is 4.40.